The Morgan fingerprint density at radius 1 is 1.35 bits per heavy atom. The number of carbonyl (C=O) groups is 1. The summed E-state index contributed by atoms with van der Waals surface area (Å²) in [6.45, 7) is 6.18. The topological polar surface area (TPSA) is 38.3 Å². The van der Waals surface area contributed by atoms with E-state index in [0.717, 1.165) is 11.3 Å². The second kappa shape index (κ2) is 5.71. The van der Waals surface area contributed by atoms with Gasteiger partial charge in [-0.25, -0.2) is 0 Å². The lowest BCUT2D eigenvalue weighted by molar-refractivity contribution is -0.120. The van der Waals surface area contributed by atoms with E-state index in [1.165, 1.54) is 11.1 Å². The molecule has 0 saturated carbocycles. The Labute approximate surface area is 103 Å². The molecule has 3 nitrogen and oxygen atoms in total. The highest BCUT2D eigenvalue weighted by Crippen LogP contribution is 2.31. The van der Waals surface area contributed by atoms with Crippen molar-refractivity contribution in [1.82, 2.24) is 5.32 Å². The van der Waals surface area contributed by atoms with Gasteiger partial charge in [-0.05, 0) is 42.5 Å². The predicted octanol–water partition coefficient (Wildman–Crippen LogP) is 2.55. The molecule has 1 N–H and O–H groups in total. The van der Waals surface area contributed by atoms with Crippen molar-refractivity contribution in [3.05, 3.63) is 28.8 Å². The van der Waals surface area contributed by atoms with Crippen LogP contribution in [0.5, 0.6) is 5.75 Å². The standard InChI is InChI=1S/C14H21NO2/c1-9-6-12(11(3)8-14(16)15-4)13(17-5)7-10(9)2/h6-7,11H,8H2,1-5H3,(H,15,16). The number of nitrogens with one attached hydrogen (secondary N) is 1. The Hall–Kier alpha value is -1.51. The third kappa shape index (κ3) is 3.22. The Bertz CT molecular complexity index is 413. The van der Waals surface area contributed by atoms with E-state index in [4.69, 9.17) is 4.74 Å². The van der Waals surface area contributed by atoms with Gasteiger partial charge in [-0.3, -0.25) is 4.79 Å². The molecule has 17 heavy (non-hydrogen) atoms. The summed E-state index contributed by atoms with van der Waals surface area (Å²) in [5.41, 5.74) is 3.53. The van der Waals surface area contributed by atoms with Crippen LogP contribution in [-0.4, -0.2) is 20.1 Å². The SMILES string of the molecule is CNC(=O)CC(C)c1cc(C)c(C)cc1OC. The number of amides is 1. The van der Waals surface area contributed by atoms with Gasteiger partial charge in [0.2, 0.25) is 5.91 Å². The molecule has 0 aliphatic heterocycles. The summed E-state index contributed by atoms with van der Waals surface area (Å²) < 4.78 is 5.39. The molecule has 0 aromatic heterocycles. The lowest BCUT2D eigenvalue weighted by Gasteiger charge is -2.17. The van der Waals surface area contributed by atoms with Crippen LogP contribution in [-0.2, 0) is 4.79 Å². The maximum Gasteiger partial charge on any atom is 0.220 e. The predicted molar refractivity (Wildman–Crippen MR) is 69.6 cm³/mol. The van der Waals surface area contributed by atoms with Gasteiger partial charge in [-0.15, -0.1) is 0 Å². The van der Waals surface area contributed by atoms with Gasteiger partial charge in [0.25, 0.3) is 0 Å². The van der Waals surface area contributed by atoms with Gasteiger partial charge >= 0.3 is 0 Å². The first-order valence-corrected chi connectivity index (χ1v) is 5.85. The van der Waals surface area contributed by atoms with Crippen molar-refractivity contribution in [2.75, 3.05) is 14.2 Å². The van der Waals surface area contributed by atoms with Gasteiger partial charge in [-0.1, -0.05) is 13.0 Å². The third-order valence-electron chi connectivity index (χ3n) is 3.15. The summed E-state index contributed by atoms with van der Waals surface area (Å²) in [6.07, 6.45) is 0.482. The second-order valence-electron chi connectivity index (χ2n) is 4.46. The number of ether oxygens (including phenoxy) is 1. The van der Waals surface area contributed by atoms with Gasteiger partial charge in [-0.2, -0.15) is 0 Å². The lowest BCUT2D eigenvalue weighted by atomic mass is 9.93. The molecule has 1 aromatic carbocycles. The minimum absolute atomic E-state index is 0.0535. The number of aryl methyl sites for hydroxylation is 2. The highest BCUT2D eigenvalue weighted by molar-refractivity contribution is 5.76. The minimum atomic E-state index is 0.0535. The fourth-order valence-corrected chi connectivity index (χ4v) is 1.86. The molecule has 1 unspecified atom stereocenters. The van der Waals surface area contributed by atoms with E-state index in [1.54, 1.807) is 14.2 Å². The average Bonchev–Trinajstić information content (AvgIpc) is 2.31. The van der Waals surface area contributed by atoms with Crippen LogP contribution in [0.25, 0.3) is 0 Å². The van der Waals surface area contributed by atoms with Crippen LogP contribution in [0, 0.1) is 13.8 Å². The molecule has 0 bridgehead atoms. The van der Waals surface area contributed by atoms with Crippen molar-refractivity contribution >= 4 is 5.91 Å². The molecule has 0 aliphatic rings. The molecule has 94 valence electrons. The van der Waals surface area contributed by atoms with Crippen LogP contribution in [0.4, 0.5) is 0 Å². The molecule has 3 heteroatoms. The van der Waals surface area contributed by atoms with Crippen LogP contribution in [0.2, 0.25) is 0 Å². The number of carbonyl (C=O) groups excluding carboxylic acids is 1. The first-order valence-electron chi connectivity index (χ1n) is 5.85. The zero-order valence-corrected chi connectivity index (χ0v) is 11.3. The van der Waals surface area contributed by atoms with Crippen LogP contribution >= 0.6 is 0 Å². The third-order valence-corrected chi connectivity index (χ3v) is 3.15. The van der Waals surface area contributed by atoms with Crippen molar-refractivity contribution in [2.24, 2.45) is 0 Å². The van der Waals surface area contributed by atoms with E-state index in [2.05, 4.69) is 25.2 Å². The van der Waals surface area contributed by atoms with Gasteiger partial charge in [0, 0.05) is 13.5 Å². The number of hydrogen-bond donors (Lipinski definition) is 1. The quantitative estimate of drug-likeness (QED) is 0.871. The average molecular weight is 235 g/mol. The molecular formula is C14H21NO2. The molecule has 0 aliphatic carbocycles. The van der Waals surface area contributed by atoms with Gasteiger partial charge in [0.05, 0.1) is 7.11 Å². The van der Waals surface area contributed by atoms with Crippen molar-refractivity contribution in [3.8, 4) is 5.75 Å². The van der Waals surface area contributed by atoms with Crippen molar-refractivity contribution in [3.63, 3.8) is 0 Å². The molecule has 0 spiro atoms. The first-order chi connectivity index (χ1) is 7.99. The largest absolute Gasteiger partial charge is 0.496 e. The highest BCUT2D eigenvalue weighted by Gasteiger charge is 2.15. The van der Waals surface area contributed by atoms with E-state index < -0.39 is 0 Å². The first kappa shape index (κ1) is 13.6. The summed E-state index contributed by atoms with van der Waals surface area (Å²) in [5, 5.41) is 2.65. The van der Waals surface area contributed by atoms with E-state index in [0.29, 0.717) is 6.42 Å². The van der Waals surface area contributed by atoms with E-state index in [9.17, 15) is 4.79 Å². The highest BCUT2D eigenvalue weighted by atomic mass is 16.5. The molecule has 1 amide bonds. The minimum Gasteiger partial charge on any atom is -0.496 e. The van der Waals surface area contributed by atoms with Crippen LogP contribution in [0.15, 0.2) is 12.1 Å². The van der Waals surface area contributed by atoms with Crippen LogP contribution in [0.3, 0.4) is 0 Å². The number of hydrogen-bond acceptors (Lipinski definition) is 2. The molecule has 1 atom stereocenters. The summed E-state index contributed by atoms with van der Waals surface area (Å²) in [4.78, 5) is 11.4. The monoisotopic (exact) mass is 235 g/mol. The summed E-state index contributed by atoms with van der Waals surface area (Å²) >= 11 is 0. The van der Waals surface area contributed by atoms with E-state index >= 15 is 0 Å². The van der Waals surface area contributed by atoms with Gasteiger partial charge < -0.3 is 10.1 Å². The number of benzene rings is 1. The smallest absolute Gasteiger partial charge is 0.220 e. The molecule has 0 heterocycles. The van der Waals surface area contributed by atoms with Crippen molar-refractivity contribution in [2.45, 2.75) is 33.1 Å². The Morgan fingerprint density at radius 2 is 1.94 bits per heavy atom. The van der Waals surface area contributed by atoms with Crippen LogP contribution in [0.1, 0.15) is 36.0 Å². The fourth-order valence-electron chi connectivity index (χ4n) is 1.86. The van der Waals surface area contributed by atoms with Crippen LogP contribution < -0.4 is 10.1 Å². The molecule has 0 radical (unpaired) electrons. The molecule has 0 saturated heterocycles. The normalized spacial score (nSPS) is 12.1. The van der Waals surface area contributed by atoms with Gasteiger partial charge in [0.15, 0.2) is 0 Å². The van der Waals surface area contributed by atoms with Gasteiger partial charge in [0.1, 0.15) is 5.75 Å². The fraction of sp³-hybridized carbons (Fsp3) is 0.500. The summed E-state index contributed by atoms with van der Waals surface area (Å²) in [7, 11) is 3.33. The Kier molecular flexibility index (Phi) is 4.55. The molecule has 1 aromatic rings. The van der Waals surface area contributed by atoms with E-state index in [1.807, 2.05) is 13.0 Å². The zero-order valence-electron chi connectivity index (χ0n) is 11.3. The van der Waals surface area contributed by atoms with Crippen molar-refractivity contribution in [1.29, 1.82) is 0 Å². The molecule has 0 fully saturated rings. The lowest BCUT2D eigenvalue weighted by Crippen LogP contribution is -2.19. The maximum atomic E-state index is 11.4. The summed E-state index contributed by atoms with van der Waals surface area (Å²) in [6, 6.07) is 4.15. The maximum absolute atomic E-state index is 11.4. The molecular weight excluding hydrogens is 214 g/mol. The Morgan fingerprint density at radius 3 is 2.47 bits per heavy atom. The zero-order chi connectivity index (χ0) is 13.0. The summed E-state index contributed by atoms with van der Waals surface area (Å²) in [5.74, 6) is 1.08. The second-order valence-corrected chi connectivity index (χ2v) is 4.46. The molecule has 1 rings (SSSR count). The van der Waals surface area contributed by atoms with E-state index in [-0.39, 0.29) is 11.8 Å². The number of rotatable bonds is 4. The van der Waals surface area contributed by atoms with Crippen molar-refractivity contribution < 1.29 is 9.53 Å². The Balaban J connectivity index is 3.03. The number of methoxy groups -OCH3 is 1.